The molecule has 372 valence electrons. The lowest BCUT2D eigenvalue weighted by Crippen LogP contribution is -2.51. The lowest BCUT2D eigenvalue weighted by molar-refractivity contribution is 0.0666. The summed E-state index contributed by atoms with van der Waals surface area (Å²) in [7, 11) is 0. The number of urea groups is 2. The topological polar surface area (TPSA) is 249 Å². The number of nitrogens with one attached hydrogen (secondary N) is 3. The standard InChI is InChI=1S/C25H21FN6O3S.C19H18FN5O2S.C6H5NO2/c26-17-5-3-4-16(14-17)23(34)31-10-12-32(13-11-31)25(35)30-24-29-19-8-7-18(15-21(19)36-24)28-22(33)20-6-1-2-9-27-20;20-13-3-1-2-12(10-13)17(26)24-6-8-25(9-7-24)19(27)23-18-22-15-5-4-14(21)11-16(15)28-18;8-6(9)5-3-1-2-4-7-5/h1-9,14-15H,10-13H2,(H,28,33)(H,29,30,35);1-5,10-11H,6-9,21H2,(H,22,23,27);1-4H,(H,8,9). The molecule has 0 radical (unpaired) electrons. The van der Waals surface area contributed by atoms with E-state index in [0.29, 0.717) is 90.8 Å². The van der Waals surface area contributed by atoms with Crippen LogP contribution in [0.2, 0.25) is 0 Å². The number of thiazole rings is 2. The fourth-order valence-electron chi connectivity index (χ4n) is 7.41. The number of piperazine rings is 2. The average molecular weight is 1030 g/mol. The molecule has 23 heteroatoms. The van der Waals surface area contributed by atoms with Crippen LogP contribution in [0.3, 0.4) is 0 Å². The third-order valence-electron chi connectivity index (χ3n) is 11.1. The largest absolute Gasteiger partial charge is 0.477 e. The molecular weight excluding hydrogens is 983 g/mol. The lowest BCUT2D eigenvalue weighted by Gasteiger charge is -2.34. The summed E-state index contributed by atoms with van der Waals surface area (Å²) in [6, 6.07) is 31.2. The van der Waals surface area contributed by atoms with Crippen LogP contribution in [-0.4, -0.2) is 133 Å². The van der Waals surface area contributed by atoms with Crippen LogP contribution >= 0.6 is 22.7 Å². The molecule has 7 amide bonds. The Morgan fingerprint density at radius 1 is 0.521 bits per heavy atom. The summed E-state index contributed by atoms with van der Waals surface area (Å²) in [6.07, 6.45) is 3.00. The summed E-state index contributed by atoms with van der Waals surface area (Å²) in [6.45, 7) is 2.96. The number of aromatic carboxylic acids is 1. The first-order chi connectivity index (χ1) is 35.3. The van der Waals surface area contributed by atoms with Crippen LogP contribution in [0.25, 0.3) is 20.4 Å². The van der Waals surface area contributed by atoms with E-state index >= 15 is 0 Å². The van der Waals surface area contributed by atoms with Crippen molar-refractivity contribution in [3.63, 3.8) is 0 Å². The van der Waals surface area contributed by atoms with Gasteiger partial charge in [0.1, 0.15) is 23.0 Å². The monoisotopic (exact) mass is 1030 g/mol. The van der Waals surface area contributed by atoms with E-state index < -0.39 is 17.6 Å². The Kier molecular flexibility index (Phi) is 16.1. The number of nitrogens with two attached hydrogens (primary N) is 1. The summed E-state index contributed by atoms with van der Waals surface area (Å²) in [5, 5.41) is 17.7. The van der Waals surface area contributed by atoms with Gasteiger partial charge < -0.3 is 35.8 Å². The number of anilines is 4. The van der Waals surface area contributed by atoms with Crippen molar-refractivity contribution >= 4 is 100 Å². The average Bonchev–Trinajstić information content (AvgIpc) is 4.01. The van der Waals surface area contributed by atoms with E-state index in [1.165, 1.54) is 71.3 Å². The number of nitrogens with zero attached hydrogens (tertiary/aromatic N) is 8. The number of amides is 7. The fraction of sp³-hybridized carbons (Fsp3) is 0.160. The normalized spacial score (nSPS) is 13.2. The van der Waals surface area contributed by atoms with Crippen LogP contribution in [-0.2, 0) is 0 Å². The zero-order chi connectivity index (χ0) is 51.4. The number of carboxylic acid groups (broad SMARTS) is 1. The fourth-order valence-corrected chi connectivity index (χ4v) is 9.21. The minimum absolute atomic E-state index is 0.0810. The number of nitrogen functional groups attached to an aromatic ring is 1. The first-order valence-corrected chi connectivity index (χ1v) is 24.0. The van der Waals surface area contributed by atoms with Crippen LogP contribution in [0.1, 0.15) is 41.7 Å². The Bertz CT molecular complexity index is 3300. The minimum atomic E-state index is -0.990. The molecule has 4 aromatic carbocycles. The number of rotatable bonds is 7. The van der Waals surface area contributed by atoms with Crippen molar-refractivity contribution in [2.75, 3.05) is 74.0 Å². The van der Waals surface area contributed by atoms with Gasteiger partial charge in [0.2, 0.25) is 0 Å². The molecule has 8 aromatic rings. The van der Waals surface area contributed by atoms with Crippen LogP contribution in [0.5, 0.6) is 0 Å². The van der Waals surface area contributed by atoms with Crippen molar-refractivity contribution in [2.24, 2.45) is 0 Å². The molecule has 6 N–H and O–H groups in total. The third kappa shape index (κ3) is 13.3. The number of hydrogen-bond acceptors (Lipinski definition) is 13. The van der Waals surface area contributed by atoms with E-state index in [4.69, 9.17) is 10.8 Å². The SMILES string of the molecule is Nc1ccc2nc(NC(=O)N3CCN(C(=O)c4cccc(F)c4)CC3)sc2c1.O=C(Nc1ccc2nc(NC(=O)N3CCN(C(=O)c4cccc(F)c4)CC3)sc2c1)c1ccccn1.O=C(O)c1ccccn1. The number of halogens is 2. The molecule has 2 aliphatic heterocycles. The van der Waals surface area contributed by atoms with Crippen molar-refractivity contribution in [2.45, 2.75) is 0 Å². The molecule has 2 fully saturated rings. The van der Waals surface area contributed by atoms with Crippen molar-refractivity contribution in [1.29, 1.82) is 0 Å². The maximum atomic E-state index is 13.4. The number of fused-ring (bicyclic) bond motifs is 2. The van der Waals surface area contributed by atoms with Gasteiger partial charge in [-0.15, -0.1) is 0 Å². The molecule has 19 nitrogen and oxygen atoms in total. The van der Waals surface area contributed by atoms with Gasteiger partial charge >= 0.3 is 18.0 Å². The predicted molar refractivity (Wildman–Crippen MR) is 273 cm³/mol. The Labute approximate surface area is 422 Å². The van der Waals surface area contributed by atoms with Gasteiger partial charge in [-0.2, -0.15) is 0 Å². The Morgan fingerprint density at radius 2 is 0.986 bits per heavy atom. The zero-order valence-corrected chi connectivity index (χ0v) is 40.1. The van der Waals surface area contributed by atoms with E-state index in [-0.39, 0.29) is 41.0 Å². The van der Waals surface area contributed by atoms with E-state index in [2.05, 4.69) is 35.9 Å². The van der Waals surface area contributed by atoms with Gasteiger partial charge in [0, 0.05) is 87.3 Å². The summed E-state index contributed by atoms with van der Waals surface area (Å²) in [4.78, 5) is 95.8. The summed E-state index contributed by atoms with van der Waals surface area (Å²) in [5.74, 6) is -2.70. The smallest absolute Gasteiger partial charge is 0.354 e. The summed E-state index contributed by atoms with van der Waals surface area (Å²) in [5.41, 5.74) is 9.48. The number of hydrogen-bond donors (Lipinski definition) is 5. The molecule has 0 spiro atoms. The van der Waals surface area contributed by atoms with Gasteiger partial charge in [-0.25, -0.2) is 38.1 Å². The second kappa shape index (κ2) is 23.3. The van der Waals surface area contributed by atoms with Crippen LogP contribution < -0.4 is 21.7 Å². The quantitative estimate of drug-likeness (QED) is 0.0958. The maximum Gasteiger partial charge on any atom is 0.354 e. The highest BCUT2D eigenvalue weighted by atomic mass is 32.1. The molecule has 2 aliphatic rings. The highest BCUT2D eigenvalue weighted by Crippen LogP contribution is 2.30. The molecule has 73 heavy (non-hydrogen) atoms. The van der Waals surface area contributed by atoms with Crippen molar-refractivity contribution < 1.29 is 42.7 Å². The number of carbonyl (C=O) groups excluding carboxylic acids is 5. The van der Waals surface area contributed by atoms with E-state index in [0.717, 1.165) is 14.9 Å². The van der Waals surface area contributed by atoms with Gasteiger partial charge in [-0.1, -0.05) is 46.9 Å². The number of pyridine rings is 2. The maximum absolute atomic E-state index is 13.4. The molecule has 6 heterocycles. The number of carboxylic acids is 1. The third-order valence-corrected chi connectivity index (χ3v) is 13.0. The summed E-state index contributed by atoms with van der Waals surface area (Å²) < 4.78 is 28.5. The Hall–Kier alpha value is -8.96. The first-order valence-electron chi connectivity index (χ1n) is 22.4. The Morgan fingerprint density at radius 3 is 1.44 bits per heavy atom. The molecule has 2 saturated heterocycles. The lowest BCUT2D eigenvalue weighted by atomic mass is 10.2. The highest BCUT2D eigenvalue weighted by molar-refractivity contribution is 7.22. The van der Waals surface area contributed by atoms with Gasteiger partial charge in [0.15, 0.2) is 10.3 Å². The molecule has 0 bridgehead atoms. The second-order valence-corrected chi connectivity index (χ2v) is 18.1. The van der Waals surface area contributed by atoms with Crippen molar-refractivity contribution in [3.05, 3.63) is 168 Å². The highest BCUT2D eigenvalue weighted by Gasteiger charge is 2.27. The second-order valence-electron chi connectivity index (χ2n) is 16.1. The minimum Gasteiger partial charge on any atom is -0.477 e. The number of aromatic nitrogens is 4. The molecule has 0 aliphatic carbocycles. The van der Waals surface area contributed by atoms with E-state index in [1.807, 2.05) is 12.1 Å². The molecular formula is C50H44F2N12O7S2. The molecule has 0 unspecified atom stereocenters. The summed E-state index contributed by atoms with van der Waals surface area (Å²) >= 11 is 2.65. The van der Waals surface area contributed by atoms with Gasteiger partial charge in [0.05, 0.1) is 20.4 Å². The van der Waals surface area contributed by atoms with Gasteiger partial charge in [0.25, 0.3) is 17.7 Å². The van der Waals surface area contributed by atoms with Gasteiger partial charge in [-0.05, 0) is 97.1 Å². The van der Waals surface area contributed by atoms with Crippen molar-refractivity contribution in [1.82, 2.24) is 39.5 Å². The molecule has 0 atom stereocenters. The van der Waals surface area contributed by atoms with E-state index in [1.54, 1.807) is 92.5 Å². The van der Waals surface area contributed by atoms with Crippen LogP contribution in [0, 0.1) is 11.6 Å². The number of carbonyl (C=O) groups is 6. The Balaban J connectivity index is 0.000000170. The zero-order valence-electron chi connectivity index (χ0n) is 38.5. The van der Waals surface area contributed by atoms with Crippen LogP contribution in [0.4, 0.5) is 40.0 Å². The molecule has 10 rings (SSSR count). The van der Waals surface area contributed by atoms with E-state index in [9.17, 15) is 37.5 Å². The first kappa shape index (κ1) is 50.4. The van der Waals surface area contributed by atoms with Crippen LogP contribution in [0.15, 0.2) is 134 Å². The molecule has 4 aromatic heterocycles. The van der Waals surface area contributed by atoms with Crippen molar-refractivity contribution in [3.8, 4) is 0 Å². The predicted octanol–water partition coefficient (Wildman–Crippen LogP) is 7.86. The van der Waals surface area contributed by atoms with Gasteiger partial charge in [-0.3, -0.25) is 30.0 Å². The molecule has 0 saturated carbocycles. The number of benzene rings is 4.